The number of aliphatic imine (C=N–C) groups is 1. The molecule has 0 aromatic heterocycles. The molecular weight excluding hydrogens is 332 g/mol. The van der Waals surface area contributed by atoms with Crippen molar-refractivity contribution < 1.29 is 0 Å². The van der Waals surface area contributed by atoms with Crippen LogP contribution in [0.2, 0.25) is 0 Å². The first-order valence-corrected chi connectivity index (χ1v) is 9.65. The van der Waals surface area contributed by atoms with Crippen molar-refractivity contribution in [1.29, 1.82) is 0 Å². The van der Waals surface area contributed by atoms with Crippen LogP contribution in [0.25, 0.3) is 0 Å². The molecule has 1 aliphatic heterocycles. The molecule has 2 aromatic carbocycles. The van der Waals surface area contributed by atoms with Gasteiger partial charge in [-0.25, -0.2) is 0 Å². The number of nitrogens with one attached hydrogen (secondary N) is 2. The van der Waals surface area contributed by atoms with Gasteiger partial charge in [-0.2, -0.15) is 0 Å². The molecule has 4 nitrogen and oxygen atoms in total. The van der Waals surface area contributed by atoms with Crippen LogP contribution in [0.3, 0.4) is 0 Å². The zero-order valence-electron chi connectivity index (χ0n) is 16.6. The van der Waals surface area contributed by atoms with Crippen LogP contribution >= 0.6 is 0 Å². The SMILES string of the molecule is CN=C(NCc1cccc(N2CC=CC2)c1)NCC(C)c1cccc(C)c1. The Balaban J connectivity index is 1.51. The Labute approximate surface area is 163 Å². The molecular formula is C23H30N4. The molecule has 2 N–H and O–H groups in total. The van der Waals surface area contributed by atoms with E-state index in [1.807, 2.05) is 7.05 Å². The number of anilines is 1. The van der Waals surface area contributed by atoms with Crippen molar-refractivity contribution in [3.63, 3.8) is 0 Å². The van der Waals surface area contributed by atoms with Gasteiger partial charge in [-0.3, -0.25) is 4.99 Å². The molecule has 0 amide bonds. The number of hydrogen-bond donors (Lipinski definition) is 2. The highest BCUT2D eigenvalue weighted by molar-refractivity contribution is 5.79. The fraction of sp³-hybridized carbons (Fsp3) is 0.348. The Bertz CT molecular complexity index is 802. The molecule has 142 valence electrons. The van der Waals surface area contributed by atoms with E-state index in [1.165, 1.54) is 22.4 Å². The summed E-state index contributed by atoms with van der Waals surface area (Å²) in [5.74, 6) is 1.26. The lowest BCUT2D eigenvalue weighted by Crippen LogP contribution is -2.38. The molecule has 0 fully saturated rings. The molecule has 3 rings (SSSR count). The van der Waals surface area contributed by atoms with E-state index in [4.69, 9.17) is 0 Å². The molecule has 0 radical (unpaired) electrons. The molecule has 1 aliphatic rings. The van der Waals surface area contributed by atoms with Crippen molar-refractivity contribution in [2.45, 2.75) is 26.3 Å². The maximum Gasteiger partial charge on any atom is 0.191 e. The summed E-state index contributed by atoms with van der Waals surface area (Å²) >= 11 is 0. The second-order valence-corrected chi connectivity index (χ2v) is 7.17. The van der Waals surface area contributed by atoms with E-state index in [-0.39, 0.29) is 0 Å². The third kappa shape index (κ3) is 5.36. The first kappa shape index (κ1) is 19.0. The fourth-order valence-electron chi connectivity index (χ4n) is 3.30. The lowest BCUT2D eigenvalue weighted by Gasteiger charge is -2.19. The summed E-state index contributed by atoms with van der Waals surface area (Å²) in [5, 5.41) is 6.87. The van der Waals surface area contributed by atoms with Gasteiger partial charge in [0.25, 0.3) is 0 Å². The van der Waals surface area contributed by atoms with Crippen LogP contribution in [0.4, 0.5) is 5.69 Å². The summed E-state index contributed by atoms with van der Waals surface area (Å²) in [7, 11) is 1.82. The van der Waals surface area contributed by atoms with E-state index >= 15 is 0 Å². The van der Waals surface area contributed by atoms with E-state index < -0.39 is 0 Å². The van der Waals surface area contributed by atoms with E-state index in [2.05, 4.69) is 95.1 Å². The number of benzene rings is 2. The molecule has 1 unspecified atom stereocenters. The van der Waals surface area contributed by atoms with Crippen molar-refractivity contribution in [2.75, 3.05) is 31.6 Å². The van der Waals surface area contributed by atoms with Gasteiger partial charge in [-0.15, -0.1) is 0 Å². The van der Waals surface area contributed by atoms with E-state index in [9.17, 15) is 0 Å². The zero-order valence-corrected chi connectivity index (χ0v) is 16.6. The molecule has 27 heavy (non-hydrogen) atoms. The molecule has 2 aromatic rings. The number of guanidine groups is 1. The average molecular weight is 363 g/mol. The first-order valence-electron chi connectivity index (χ1n) is 9.65. The molecule has 0 saturated carbocycles. The van der Waals surface area contributed by atoms with Gasteiger partial charge in [0.05, 0.1) is 0 Å². The quantitative estimate of drug-likeness (QED) is 0.466. The second-order valence-electron chi connectivity index (χ2n) is 7.17. The fourth-order valence-corrected chi connectivity index (χ4v) is 3.30. The summed E-state index contributed by atoms with van der Waals surface area (Å²) in [6.45, 7) is 7.98. The second kappa shape index (κ2) is 9.26. The van der Waals surface area contributed by atoms with Crippen LogP contribution in [0, 0.1) is 6.92 Å². The monoisotopic (exact) mass is 362 g/mol. The van der Waals surface area contributed by atoms with Gasteiger partial charge in [0, 0.05) is 38.9 Å². The Morgan fingerprint density at radius 1 is 1.07 bits per heavy atom. The van der Waals surface area contributed by atoms with Crippen LogP contribution in [0.5, 0.6) is 0 Å². The van der Waals surface area contributed by atoms with E-state index in [0.29, 0.717) is 5.92 Å². The number of aryl methyl sites for hydroxylation is 1. The largest absolute Gasteiger partial charge is 0.364 e. The smallest absolute Gasteiger partial charge is 0.191 e. The molecule has 1 heterocycles. The lowest BCUT2D eigenvalue weighted by molar-refractivity contribution is 0.698. The lowest BCUT2D eigenvalue weighted by atomic mass is 9.99. The number of nitrogens with zero attached hydrogens (tertiary/aromatic N) is 2. The maximum atomic E-state index is 4.36. The first-order chi connectivity index (χ1) is 13.2. The third-order valence-corrected chi connectivity index (χ3v) is 4.96. The standard InChI is InChI=1S/C23H30N4/c1-18-8-6-10-21(14-18)19(2)16-25-23(24-3)26-17-20-9-7-11-22(15-20)27-12-4-5-13-27/h4-11,14-15,19H,12-13,16-17H2,1-3H3,(H2,24,25,26). The minimum absolute atomic E-state index is 0.425. The molecule has 4 heteroatoms. The zero-order chi connectivity index (χ0) is 19.1. The third-order valence-electron chi connectivity index (χ3n) is 4.96. The van der Waals surface area contributed by atoms with Crippen molar-refractivity contribution in [3.05, 3.63) is 77.4 Å². The van der Waals surface area contributed by atoms with Crippen molar-refractivity contribution in [2.24, 2.45) is 4.99 Å². The number of hydrogen-bond acceptors (Lipinski definition) is 2. The molecule has 0 saturated heterocycles. The molecule has 0 spiro atoms. The number of rotatable bonds is 6. The van der Waals surface area contributed by atoms with Gasteiger partial charge in [0.2, 0.25) is 0 Å². The van der Waals surface area contributed by atoms with Crippen LogP contribution < -0.4 is 15.5 Å². The Morgan fingerprint density at radius 3 is 2.59 bits per heavy atom. The van der Waals surface area contributed by atoms with E-state index in [0.717, 1.165) is 32.1 Å². The maximum absolute atomic E-state index is 4.36. The van der Waals surface area contributed by atoms with Gasteiger partial charge in [0.15, 0.2) is 5.96 Å². The van der Waals surface area contributed by atoms with Crippen LogP contribution in [0.1, 0.15) is 29.5 Å². The van der Waals surface area contributed by atoms with Crippen LogP contribution in [-0.4, -0.2) is 32.6 Å². The van der Waals surface area contributed by atoms with Gasteiger partial charge in [0.1, 0.15) is 0 Å². The van der Waals surface area contributed by atoms with Gasteiger partial charge >= 0.3 is 0 Å². The topological polar surface area (TPSA) is 39.7 Å². The predicted molar refractivity (Wildman–Crippen MR) is 116 cm³/mol. The summed E-state index contributed by atoms with van der Waals surface area (Å²) in [5.41, 5.74) is 5.18. The summed E-state index contributed by atoms with van der Waals surface area (Å²) in [6.07, 6.45) is 4.43. The van der Waals surface area contributed by atoms with Crippen molar-refractivity contribution in [3.8, 4) is 0 Å². The predicted octanol–water partition coefficient (Wildman–Crippen LogP) is 3.84. The molecule has 0 bridgehead atoms. The Kier molecular flexibility index (Phi) is 6.53. The van der Waals surface area contributed by atoms with Crippen LogP contribution in [-0.2, 0) is 6.54 Å². The van der Waals surface area contributed by atoms with Gasteiger partial charge < -0.3 is 15.5 Å². The minimum atomic E-state index is 0.425. The minimum Gasteiger partial charge on any atom is -0.364 e. The molecule has 0 aliphatic carbocycles. The normalized spacial score (nSPS) is 15.1. The van der Waals surface area contributed by atoms with Gasteiger partial charge in [-0.1, -0.05) is 61.0 Å². The summed E-state index contributed by atoms with van der Waals surface area (Å²) in [6, 6.07) is 17.4. The Hall–Kier alpha value is -2.75. The van der Waals surface area contributed by atoms with Gasteiger partial charge in [-0.05, 0) is 36.1 Å². The summed E-state index contributed by atoms with van der Waals surface area (Å²) in [4.78, 5) is 6.72. The Morgan fingerprint density at radius 2 is 1.85 bits per heavy atom. The average Bonchev–Trinajstić information content (AvgIpc) is 3.23. The summed E-state index contributed by atoms with van der Waals surface area (Å²) < 4.78 is 0. The highest BCUT2D eigenvalue weighted by Crippen LogP contribution is 2.18. The molecule has 1 atom stereocenters. The van der Waals surface area contributed by atoms with E-state index in [1.54, 1.807) is 0 Å². The van der Waals surface area contributed by atoms with Crippen LogP contribution in [0.15, 0.2) is 65.7 Å². The highest BCUT2D eigenvalue weighted by Gasteiger charge is 2.09. The van der Waals surface area contributed by atoms with Crippen molar-refractivity contribution >= 4 is 11.6 Å². The van der Waals surface area contributed by atoms with Crippen molar-refractivity contribution in [1.82, 2.24) is 10.6 Å². The highest BCUT2D eigenvalue weighted by atomic mass is 15.2.